The lowest BCUT2D eigenvalue weighted by molar-refractivity contribution is 0.759. The van der Waals surface area contributed by atoms with Crippen LogP contribution in [-0.2, 0) is 19.9 Å². The first kappa shape index (κ1) is 14.3. The molecule has 20 heavy (non-hydrogen) atoms. The minimum Gasteiger partial charge on any atom is -0.273 e. The maximum atomic E-state index is 11.3. The molecule has 2 heterocycles. The second kappa shape index (κ2) is 5.88. The fourth-order valence-corrected chi connectivity index (χ4v) is 2.69. The molecule has 2 aromatic rings. The molecule has 0 aliphatic heterocycles. The average molecular weight is 290 g/mol. The zero-order chi connectivity index (χ0) is 14.7. The molecule has 0 amide bonds. The highest BCUT2D eigenvalue weighted by atomic mass is 32.2. The molecule has 0 saturated carbocycles. The third kappa shape index (κ3) is 2.44. The zero-order valence-corrected chi connectivity index (χ0v) is 12.3. The summed E-state index contributed by atoms with van der Waals surface area (Å²) in [4.78, 5) is 11.3. The monoisotopic (exact) mass is 290 g/mol. The highest BCUT2D eigenvalue weighted by Crippen LogP contribution is 2.28. The number of hydrogen-bond acceptors (Lipinski definition) is 6. The van der Waals surface area contributed by atoms with E-state index in [2.05, 4.69) is 26.5 Å². The molecule has 0 bridgehead atoms. The Morgan fingerprint density at radius 2 is 2.10 bits per heavy atom. The van der Waals surface area contributed by atoms with E-state index in [9.17, 15) is 10.1 Å². The number of H-pyrrole nitrogens is 1. The van der Waals surface area contributed by atoms with E-state index in [0.29, 0.717) is 22.2 Å². The SMILES string of the molecule is CCc1nnc(Sc2n[nH]c(=O)n2C)c(C#N)c1CC. The zero-order valence-electron chi connectivity index (χ0n) is 11.5. The number of nitrogens with one attached hydrogen (secondary N) is 1. The molecular weight excluding hydrogens is 276 g/mol. The van der Waals surface area contributed by atoms with E-state index in [1.807, 2.05) is 13.8 Å². The van der Waals surface area contributed by atoms with E-state index in [4.69, 9.17) is 0 Å². The van der Waals surface area contributed by atoms with Crippen LogP contribution in [0.5, 0.6) is 0 Å². The molecular formula is C12H14N6OS. The predicted octanol–water partition coefficient (Wildman–Crippen LogP) is 1.05. The van der Waals surface area contributed by atoms with Gasteiger partial charge in [-0.25, -0.2) is 9.89 Å². The molecule has 0 fully saturated rings. The van der Waals surface area contributed by atoms with Crippen molar-refractivity contribution in [2.45, 2.75) is 36.9 Å². The summed E-state index contributed by atoms with van der Waals surface area (Å²) in [6.07, 6.45) is 1.45. The summed E-state index contributed by atoms with van der Waals surface area (Å²) in [7, 11) is 1.61. The standard InChI is InChI=1S/C12H14N6OS/c1-4-7-8(6-13)10(15-14-9(7)5-2)20-12-17-16-11(19)18(12)3/h4-5H2,1-3H3,(H,16,19). The molecule has 0 aliphatic carbocycles. The highest BCUT2D eigenvalue weighted by Gasteiger charge is 2.17. The molecule has 0 aliphatic rings. The van der Waals surface area contributed by atoms with E-state index in [-0.39, 0.29) is 5.69 Å². The maximum Gasteiger partial charge on any atom is 0.343 e. The number of aryl methyl sites for hydroxylation is 1. The van der Waals surface area contributed by atoms with Crippen molar-refractivity contribution in [3.05, 3.63) is 27.3 Å². The van der Waals surface area contributed by atoms with Crippen molar-refractivity contribution in [2.75, 3.05) is 0 Å². The Morgan fingerprint density at radius 1 is 1.35 bits per heavy atom. The quantitative estimate of drug-likeness (QED) is 0.903. The molecule has 0 saturated heterocycles. The van der Waals surface area contributed by atoms with Crippen LogP contribution in [0.15, 0.2) is 15.0 Å². The van der Waals surface area contributed by atoms with Gasteiger partial charge >= 0.3 is 5.69 Å². The van der Waals surface area contributed by atoms with Crippen LogP contribution in [0, 0.1) is 11.3 Å². The van der Waals surface area contributed by atoms with E-state index >= 15 is 0 Å². The molecule has 2 aromatic heterocycles. The molecule has 8 heteroatoms. The normalized spacial score (nSPS) is 10.5. The van der Waals surface area contributed by atoms with Gasteiger partial charge in [0.05, 0.1) is 11.3 Å². The van der Waals surface area contributed by atoms with Crippen molar-refractivity contribution in [3.8, 4) is 6.07 Å². The molecule has 0 radical (unpaired) electrons. The topological polar surface area (TPSA) is 100 Å². The summed E-state index contributed by atoms with van der Waals surface area (Å²) in [6, 6.07) is 2.19. The molecule has 0 unspecified atom stereocenters. The minimum absolute atomic E-state index is 0.306. The number of rotatable bonds is 4. The molecule has 2 rings (SSSR count). The first-order valence-electron chi connectivity index (χ1n) is 6.20. The van der Waals surface area contributed by atoms with Crippen molar-refractivity contribution in [1.82, 2.24) is 25.0 Å². The maximum absolute atomic E-state index is 11.3. The molecule has 7 nitrogen and oxygen atoms in total. The lowest BCUT2D eigenvalue weighted by atomic mass is 10.1. The van der Waals surface area contributed by atoms with Gasteiger partial charge < -0.3 is 0 Å². The number of nitriles is 1. The largest absolute Gasteiger partial charge is 0.343 e. The van der Waals surface area contributed by atoms with Gasteiger partial charge in [0.15, 0.2) is 5.16 Å². The summed E-state index contributed by atoms with van der Waals surface area (Å²) < 4.78 is 1.37. The van der Waals surface area contributed by atoms with Crippen LogP contribution in [0.4, 0.5) is 0 Å². The van der Waals surface area contributed by atoms with Crippen LogP contribution >= 0.6 is 11.8 Å². The Labute approximate surface area is 120 Å². The minimum atomic E-state index is -0.306. The fourth-order valence-electron chi connectivity index (χ4n) is 1.85. The van der Waals surface area contributed by atoms with Gasteiger partial charge in [-0.15, -0.1) is 10.2 Å². The summed E-state index contributed by atoms with van der Waals surface area (Å²) in [5.74, 6) is 0. The first-order chi connectivity index (χ1) is 9.62. The molecule has 1 N–H and O–H groups in total. The summed E-state index contributed by atoms with van der Waals surface area (Å²) >= 11 is 1.16. The second-order valence-corrected chi connectivity index (χ2v) is 5.05. The number of aromatic amines is 1. The second-order valence-electron chi connectivity index (χ2n) is 4.10. The van der Waals surface area contributed by atoms with Gasteiger partial charge in [-0.2, -0.15) is 10.4 Å². The van der Waals surface area contributed by atoms with E-state index in [1.54, 1.807) is 7.05 Å². The summed E-state index contributed by atoms with van der Waals surface area (Å²) in [6.45, 7) is 3.96. The smallest absolute Gasteiger partial charge is 0.273 e. The molecule has 104 valence electrons. The van der Waals surface area contributed by atoms with Gasteiger partial charge in [-0.05, 0) is 30.2 Å². The van der Waals surface area contributed by atoms with Crippen LogP contribution in [-0.4, -0.2) is 25.0 Å². The van der Waals surface area contributed by atoms with Crippen molar-refractivity contribution in [1.29, 1.82) is 5.26 Å². The van der Waals surface area contributed by atoms with Crippen molar-refractivity contribution >= 4 is 11.8 Å². The van der Waals surface area contributed by atoms with Crippen LogP contribution in [0.25, 0.3) is 0 Å². The van der Waals surface area contributed by atoms with Crippen LogP contribution in [0.2, 0.25) is 0 Å². The Morgan fingerprint density at radius 3 is 2.60 bits per heavy atom. The number of hydrogen-bond donors (Lipinski definition) is 1. The van der Waals surface area contributed by atoms with E-state index < -0.39 is 0 Å². The lowest BCUT2D eigenvalue weighted by Crippen LogP contribution is -2.13. The van der Waals surface area contributed by atoms with Crippen LogP contribution in [0.3, 0.4) is 0 Å². The Bertz CT molecular complexity index is 727. The lowest BCUT2D eigenvalue weighted by Gasteiger charge is -2.09. The summed E-state index contributed by atoms with van der Waals surface area (Å²) in [5, 5.41) is 24.8. The Kier molecular flexibility index (Phi) is 4.20. The number of nitrogens with zero attached hydrogens (tertiary/aromatic N) is 5. The van der Waals surface area contributed by atoms with Gasteiger partial charge in [0.1, 0.15) is 11.1 Å². The van der Waals surface area contributed by atoms with Gasteiger partial charge in [-0.1, -0.05) is 13.8 Å². The van der Waals surface area contributed by atoms with E-state index in [0.717, 1.165) is 29.4 Å². The fraction of sp³-hybridized carbons (Fsp3) is 0.417. The molecule has 0 spiro atoms. The third-order valence-electron chi connectivity index (χ3n) is 2.95. The van der Waals surface area contributed by atoms with Gasteiger partial charge in [0.25, 0.3) is 0 Å². The Balaban J connectivity index is 2.50. The van der Waals surface area contributed by atoms with Crippen LogP contribution in [0.1, 0.15) is 30.7 Å². The Hall–Kier alpha value is -2.14. The molecule has 0 aromatic carbocycles. The van der Waals surface area contributed by atoms with Gasteiger partial charge in [0, 0.05) is 7.05 Å². The van der Waals surface area contributed by atoms with E-state index in [1.165, 1.54) is 4.57 Å². The highest BCUT2D eigenvalue weighted by molar-refractivity contribution is 7.99. The van der Waals surface area contributed by atoms with Gasteiger partial charge in [-0.3, -0.25) is 4.57 Å². The predicted molar refractivity (Wildman–Crippen MR) is 73.5 cm³/mol. The summed E-state index contributed by atoms with van der Waals surface area (Å²) in [5.41, 5.74) is 1.96. The van der Waals surface area contributed by atoms with Crippen molar-refractivity contribution in [3.63, 3.8) is 0 Å². The van der Waals surface area contributed by atoms with Crippen molar-refractivity contribution in [2.24, 2.45) is 7.05 Å². The van der Waals surface area contributed by atoms with Crippen LogP contribution < -0.4 is 5.69 Å². The van der Waals surface area contributed by atoms with Crippen molar-refractivity contribution < 1.29 is 0 Å². The average Bonchev–Trinajstić information content (AvgIpc) is 2.78. The third-order valence-corrected chi connectivity index (χ3v) is 3.98. The molecule has 0 atom stereocenters. The van der Waals surface area contributed by atoms with Gasteiger partial charge in [0.2, 0.25) is 0 Å². The number of aromatic nitrogens is 5. The first-order valence-corrected chi connectivity index (χ1v) is 7.01.